The van der Waals surface area contributed by atoms with Crippen LogP contribution in [0, 0.1) is 11.8 Å². The molecule has 0 spiro atoms. The number of carbonyl (C=O) groups excluding carboxylic acids is 1. The monoisotopic (exact) mass is 239 g/mol. The average molecular weight is 239 g/mol. The smallest absolute Gasteiger partial charge is 0.393 e. The van der Waals surface area contributed by atoms with E-state index in [0.29, 0.717) is 12.8 Å². The van der Waals surface area contributed by atoms with Crippen LogP contribution in [0.3, 0.4) is 0 Å². The van der Waals surface area contributed by atoms with Crippen molar-refractivity contribution in [3.63, 3.8) is 0 Å². The van der Waals surface area contributed by atoms with Crippen molar-refractivity contribution >= 4 is 5.91 Å². The van der Waals surface area contributed by atoms with E-state index >= 15 is 0 Å². The van der Waals surface area contributed by atoms with Crippen LogP contribution in [0.1, 0.15) is 26.2 Å². The Labute approximate surface area is 92.0 Å². The van der Waals surface area contributed by atoms with Crippen LogP contribution in [0.2, 0.25) is 0 Å². The fourth-order valence-corrected chi connectivity index (χ4v) is 2.10. The third kappa shape index (κ3) is 3.37. The SMILES string of the molecule is C[C@H]1[C@H](CCNC(=O)C(F)(F)F)CC[C@@H]1O. The number of aliphatic hydroxyl groups is 1. The standard InChI is InChI=1S/C10H16F3NO2/c1-6-7(2-3-8(6)15)4-5-14-9(16)10(11,12)13/h6-8,15H,2-5H2,1H3,(H,14,16)/t6-,7-,8-/m0/s1. The maximum absolute atomic E-state index is 11.8. The molecule has 0 heterocycles. The Kier molecular flexibility index (Phi) is 4.18. The first kappa shape index (κ1) is 13.3. The van der Waals surface area contributed by atoms with Gasteiger partial charge in [-0.05, 0) is 31.1 Å². The Morgan fingerprint density at radius 3 is 2.50 bits per heavy atom. The van der Waals surface area contributed by atoms with Gasteiger partial charge >= 0.3 is 12.1 Å². The zero-order valence-corrected chi connectivity index (χ0v) is 9.05. The first-order valence-electron chi connectivity index (χ1n) is 5.35. The maximum atomic E-state index is 11.8. The summed E-state index contributed by atoms with van der Waals surface area (Å²) in [7, 11) is 0. The van der Waals surface area contributed by atoms with Crippen LogP contribution in [-0.4, -0.2) is 29.8 Å². The van der Waals surface area contributed by atoms with E-state index in [4.69, 9.17) is 0 Å². The number of rotatable bonds is 3. The predicted molar refractivity (Wildman–Crippen MR) is 51.6 cm³/mol. The third-order valence-electron chi connectivity index (χ3n) is 3.24. The van der Waals surface area contributed by atoms with Crippen LogP contribution in [0.5, 0.6) is 0 Å². The van der Waals surface area contributed by atoms with Crippen molar-refractivity contribution in [1.82, 2.24) is 5.32 Å². The molecule has 1 aliphatic carbocycles. The number of aliphatic hydroxyl groups excluding tert-OH is 1. The van der Waals surface area contributed by atoms with Gasteiger partial charge in [0.25, 0.3) is 0 Å². The highest BCUT2D eigenvalue weighted by Gasteiger charge is 2.38. The fourth-order valence-electron chi connectivity index (χ4n) is 2.10. The van der Waals surface area contributed by atoms with Gasteiger partial charge in [-0.15, -0.1) is 0 Å². The molecule has 0 aliphatic heterocycles. The summed E-state index contributed by atoms with van der Waals surface area (Å²) in [6.45, 7) is 1.90. The van der Waals surface area contributed by atoms with Crippen LogP contribution >= 0.6 is 0 Å². The lowest BCUT2D eigenvalue weighted by Gasteiger charge is -2.17. The van der Waals surface area contributed by atoms with Gasteiger partial charge in [0.05, 0.1) is 6.10 Å². The lowest BCUT2D eigenvalue weighted by atomic mass is 9.94. The first-order chi connectivity index (χ1) is 7.32. The second-order valence-electron chi connectivity index (χ2n) is 4.31. The van der Waals surface area contributed by atoms with E-state index in [-0.39, 0.29) is 24.5 Å². The molecular formula is C10H16F3NO2. The average Bonchev–Trinajstić information content (AvgIpc) is 2.48. The quantitative estimate of drug-likeness (QED) is 0.783. The normalized spacial score (nSPS) is 30.4. The molecule has 16 heavy (non-hydrogen) atoms. The molecule has 94 valence electrons. The molecule has 0 unspecified atom stereocenters. The summed E-state index contributed by atoms with van der Waals surface area (Å²) >= 11 is 0. The molecule has 3 atom stereocenters. The molecule has 6 heteroatoms. The molecule has 1 saturated carbocycles. The summed E-state index contributed by atoms with van der Waals surface area (Å²) in [6, 6.07) is 0. The summed E-state index contributed by atoms with van der Waals surface area (Å²) in [4.78, 5) is 10.5. The minimum absolute atomic E-state index is 0.0140. The molecule has 1 rings (SSSR count). The van der Waals surface area contributed by atoms with Gasteiger partial charge in [0, 0.05) is 6.54 Å². The molecular weight excluding hydrogens is 223 g/mol. The van der Waals surface area contributed by atoms with Crippen molar-refractivity contribution in [3.05, 3.63) is 0 Å². The highest BCUT2D eigenvalue weighted by atomic mass is 19.4. The number of hydrogen-bond donors (Lipinski definition) is 2. The molecule has 0 aromatic heterocycles. The van der Waals surface area contributed by atoms with Gasteiger partial charge in [-0.1, -0.05) is 6.92 Å². The van der Waals surface area contributed by atoms with Gasteiger partial charge in [-0.2, -0.15) is 13.2 Å². The predicted octanol–water partition coefficient (Wildman–Crippen LogP) is 1.46. The van der Waals surface area contributed by atoms with Crippen LogP contribution in [0.4, 0.5) is 13.2 Å². The Balaban J connectivity index is 2.24. The van der Waals surface area contributed by atoms with Gasteiger partial charge in [-0.25, -0.2) is 0 Å². The minimum Gasteiger partial charge on any atom is -0.393 e. The van der Waals surface area contributed by atoms with Crippen LogP contribution in [0.25, 0.3) is 0 Å². The molecule has 0 radical (unpaired) electrons. The largest absolute Gasteiger partial charge is 0.471 e. The molecule has 0 aromatic rings. The van der Waals surface area contributed by atoms with Gasteiger partial charge in [0.1, 0.15) is 0 Å². The second-order valence-corrected chi connectivity index (χ2v) is 4.31. The molecule has 0 bridgehead atoms. The second kappa shape index (κ2) is 5.03. The zero-order chi connectivity index (χ0) is 12.3. The van der Waals surface area contributed by atoms with E-state index in [9.17, 15) is 23.1 Å². The lowest BCUT2D eigenvalue weighted by molar-refractivity contribution is -0.173. The Morgan fingerprint density at radius 2 is 2.06 bits per heavy atom. The fraction of sp³-hybridized carbons (Fsp3) is 0.900. The van der Waals surface area contributed by atoms with Crippen molar-refractivity contribution in [2.75, 3.05) is 6.54 Å². The van der Waals surface area contributed by atoms with Gasteiger partial charge in [0.2, 0.25) is 0 Å². The van der Waals surface area contributed by atoms with E-state index in [2.05, 4.69) is 0 Å². The maximum Gasteiger partial charge on any atom is 0.471 e. The summed E-state index contributed by atoms with van der Waals surface area (Å²) in [5.41, 5.74) is 0. The zero-order valence-electron chi connectivity index (χ0n) is 9.05. The summed E-state index contributed by atoms with van der Waals surface area (Å²) < 4.78 is 35.5. The lowest BCUT2D eigenvalue weighted by Crippen LogP contribution is -2.38. The summed E-state index contributed by atoms with van der Waals surface area (Å²) in [5.74, 6) is -1.59. The van der Waals surface area contributed by atoms with E-state index in [1.165, 1.54) is 0 Å². The summed E-state index contributed by atoms with van der Waals surface area (Å²) in [5, 5.41) is 11.3. The number of amides is 1. The number of halogens is 3. The van der Waals surface area contributed by atoms with E-state index in [1.54, 1.807) is 0 Å². The topological polar surface area (TPSA) is 49.3 Å². The van der Waals surface area contributed by atoms with E-state index in [0.717, 1.165) is 6.42 Å². The highest BCUT2D eigenvalue weighted by molar-refractivity contribution is 5.81. The van der Waals surface area contributed by atoms with Gasteiger partial charge in [0.15, 0.2) is 0 Å². The Hall–Kier alpha value is -0.780. The van der Waals surface area contributed by atoms with Crippen molar-refractivity contribution in [1.29, 1.82) is 0 Å². The molecule has 2 N–H and O–H groups in total. The molecule has 1 fully saturated rings. The van der Waals surface area contributed by atoms with Gasteiger partial charge in [-0.3, -0.25) is 4.79 Å². The van der Waals surface area contributed by atoms with Crippen LogP contribution < -0.4 is 5.32 Å². The van der Waals surface area contributed by atoms with Crippen molar-refractivity contribution in [2.24, 2.45) is 11.8 Å². The van der Waals surface area contributed by atoms with Crippen molar-refractivity contribution < 1.29 is 23.1 Å². The number of hydrogen-bond acceptors (Lipinski definition) is 2. The summed E-state index contributed by atoms with van der Waals surface area (Å²) in [6.07, 6.45) is -3.17. The Bertz CT molecular complexity index is 255. The van der Waals surface area contributed by atoms with Crippen LogP contribution in [0.15, 0.2) is 0 Å². The molecule has 1 aliphatic rings. The molecule has 3 nitrogen and oxygen atoms in total. The number of nitrogens with one attached hydrogen (secondary N) is 1. The van der Waals surface area contributed by atoms with Crippen LogP contribution in [-0.2, 0) is 4.79 Å². The highest BCUT2D eigenvalue weighted by Crippen LogP contribution is 2.33. The van der Waals surface area contributed by atoms with E-state index in [1.807, 2.05) is 12.2 Å². The first-order valence-corrected chi connectivity index (χ1v) is 5.35. The van der Waals surface area contributed by atoms with Gasteiger partial charge < -0.3 is 10.4 Å². The van der Waals surface area contributed by atoms with Crippen molar-refractivity contribution in [3.8, 4) is 0 Å². The third-order valence-corrected chi connectivity index (χ3v) is 3.24. The minimum atomic E-state index is -4.80. The molecule has 0 aromatic carbocycles. The Morgan fingerprint density at radius 1 is 1.44 bits per heavy atom. The number of carbonyl (C=O) groups is 1. The van der Waals surface area contributed by atoms with Crippen molar-refractivity contribution in [2.45, 2.75) is 38.5 Å². The molecule has 0 saturated heterocycles. The number of alkyl halides is 3. The van der Waals surface area contributed by atoms with E-state index < -0.39 is 12.1 Å². The molecule has 1 amide bonds.